The molecule has 0 aromatic carbocycles. The number of hydrogen-bond donors (Lipinski definition) is 1. The van der Waals surface area contributed by atoms with Crippen molar-refractivity contribution in [3.63, 3.8) is 0 Å². The van der Waals surface area contributed by atoms with Gasteiger partial charge in [0.15, 0.2) is 0 Å². The molecule has 0 aliphatic heterocycles. The summed E-state index contributed by atoms with van der Waals surface area (Å²) in [7, 11) is 0. The molecular formula is C16H13N3O2. The first-order valence-electron chi connectivity index (χ1n) is 6.49. The average molecular weight is 279 g/mol. The van der Waals surface area contributed by atoms with Crippen LogP contribution in [0.25, 0.3) is 11.3 Å². The van der Waals surface area contributed by atoms with E-state index in [1.807, 2.05) is 18.2 Å². The third kappa shape index (κ3) is 3.14. The Bertz CT molecular complexity index is 707. The zero-order chi connectivity index (χ0) is 14.5. The zero-order valence-electron chi connectivity index (χ0n) is 11.2. The fraction of sp³-hybridized carbons (Fsp3) is 0.0625. The lowest BCUT2D eigenvalue weighted by molar-refractivity contribution is 0.0946. The molecule has 0 saturated heterocycles. The topological polar surface area (TPSA) is 68.0 Å². The van der Waals surface area contributed by atoms with Crippen LogP contribution in [-0.4, -0.2) is 15.9 Å². The van der Waals surface area contributed by atoms with Crippen LogP contribution in [0.1, 0.15) is 16.1 Å². The third-order valence-corrected chi connectivity index (χ3v) is 2.99. The molecule has 0 aliphatic carbocycles. The van der Waals surface area contributed by atoms with Crippen molar-refractivity contribution in [2.75, 3.05) is 0 Å². The summed E-state index contributed by atoms with van der Waals surface area (Å²) in [5.41, 5.74) is 3.09. The molecular weight excluding hydrogens is 266 g/mol. The van der Waals surface area contributed by atoms with E-state index in [1.54, 1.807) is 43.1 Å². The van der Waals surface area contributed by atoms with Gasteiger partial charge in [0.2, 0.25) is 0 Å². The molecule has 0 unspecified atom stereocenters. The standard InChI is InChI=1S/C16H13N3O2/c20-16(15-3-1-2-7-17-15)19-10-12-4-5-14(18-9-12)13-6-8-21-11-13/h1-9,11H,10H2,(H,19,20). The van der Waals surface area contributed by atoms with Crippen LogP contribution in [0.2, 0.25) is 0 Å². The van der Waals surface area contributed by atoms with E-state index in [1.165, 1.54) is 0 Å². The smallest absolute Gasteiger partial charge is 0.270 e. The van der Waals surface area contributed by atoms with Gasteiger partial charge in [-0.15, -0.1) is 0 Å². The molecule has 5 nitrogen and oxygen atoms in total. The number of aromatic nitrogens is 2. The molecule has 3 heterocycles. The number of pyridine rings is 2. The Morgan fingerprint density at radius 3 is 2.76 bits per heavy atom. The van der Waals surface area contributed by atoms with Crippen LogP contribution < -0.4 is 5.32 Å². The molecule has 0 spiro atoms. The van der Waals surface area contributed by atoms with Gasteiger partial charge in [0.25, 0.3) is 5.91 Å². The molecule has 1 amide bonds. The lowest BCUT2D eigenvalue weighted by atomic mass is 10.2. The maximum absolute atomic E-state index is 11.9. The van der Waals surface area contributed by atoms with Gasteiger partial charge >= 0.3 is 0 Å². The first-order valence-corrected chi connectivity index (χ1v) is 6.49. The molecule has 21 heavy (non-hydrogen) atoms. The monoisotopic (exact) mass is 279 g/mol. The predicted molar refractivity (Wildman–Crippen MR) is 77.3 cm³/mol. The van der Waals surface area contributed by atoms with E-state index in [0.717, 1.165) is 16.8 Å². The van der Waals surface area contributed by atoms with Crippen LogP contribution in [-0.2, 0) is 6.54 Å². The summed E-state index contributed by atoms with van der Waals surface area (Å²) in [6.45, 7) is 0.411. The van der Waals surface area contributed by atoms with Crippen molar-refractivity contribution in [2.24, 2.45) is 0 Å². The second-order valence-electron chi connectivity index (χ2n) is 4.46. The fourth-order valence-electron chi connectivity index (χ4n) is 1.88. The summed E-state index contributed by atoms with van der Waals surface area (Å²) in [5, 5.41) is 2.81. The lowest BCUT2D eigenvalue weighted by Gasteiger charge is -2.05. The van der Waals surface area contributed by atoms with Crippen molar-refractivity contribution >= 4 is 5.91 Å². The van der Waals surface area contributed by atoms with Gasteiger partial charge in [0.1, 0.15) is 5.69 Å². The first-order chi connectivity index (χ1) is 10.3. The van der Waals surface area contributed by atoms with Gasteiger partial charge in [-0.05, 0) is 29.8 Å². The predicted octanol–water partition coefficient (Wildman–Crippen LogP) is 2.67. The summed E-state index contributed by atoms with van der Waals surface area (Å²) < 4.78 is 5.02. The fourth-order valence-corrected chi connectivity index (χ4v) is 1.88. The number of hydrogen-bond acceptors (Lipinski definition) is 4. The molecule has 104 valence electrons. The summed E-state index contributed by atoms with van der Waals surface area (Å²) in [6, 6.07) is 10.9. The molecule has 0 bridgehead atoms. The van der Waals surface area contributed by atoms with Gasteiger partial charge in [-0.3, -0.25) is 14.8 Å². The molecule has 0 saturated carbocycles. The van der Waals surface area contributed by atoms with Gasteiger partial charge in [-0.25, -0.2) is 0 Å². The summed E-state index contributed by atoms with van der Waals surface area (Å²) in [6.07, 6.45) is 6.58. The summed E-state index contributed by atoms with van der Waals surface area (Å²) >= 11 is 0. The second kappa shape index (κ2) is 6.00. The Kier molecular flexibility index (Phi) is 3.73. The number of nitrogens with one attached hydrogen (secondary N) is 1. The van der Waals surface area contributed by atoms with Crippen molar-refractivity contribution < 1.29 is 9.21 Å². The van der Waals surface area contributed by atoms with Gasteiger partial charge in [-0.1, -0.05) is 12.1 Å². The number of amides is 1. The van der Waals surface area contributed by atoms with E-state index in [2.05, 4.69) is 15.3 Å². The number of nitrogens with zero attached hydrogens (tertiary/aromatic N) is 2. The van der Waals surface area contributed by atoms with Crippen molar-refractivity contribution in [1.82, 2.24) is 15.3 Å². The Hall–Kier alpha value is -2.95. The van der Waals surface area contributed by atoms with Gasteiger partial charge < -0.3 is 9.73 Å². The van der Waals surface area contributed by atoms with Crippen LogP contribution in [0.5, 0.6) is 0 Å². The molecule has 3 rings (SSSR count). The van der Waals surface area contributed by atoms with Crippen molar-refractivity contribution in [1.29, 1.82) is 0 Å². The third-order valence-electron chi connectivity index (χ3n) is 2.99. The van der Waals surface area contributed by atoms with E-state index in [-0.39, 0.29) is 5.91 Å². The Morgan fingerprint density at radius 2 is 2.10 bits per heavy atom. The molecule has 3 aromatic rings. The van der Waals surface area contributed by atoms with Crippen molar-refractivity contribution in [3.8, 4) is 11.3 Å². The quantitative estimate of drug-likeness (QED) is 0.797. The Morgan fingerprint density at radius 1 is 1.14 bits per heavy atom. The minimum absolute atomic E-state index is 0.200. The number of carbonyl (C=O) groups excluding carboxylic acids is 1. The van der Waals surface area contributed by atoms with E-state index in [4.69, 9.17) is 4.42 Å². The molecule has 0 atom stereocenters. The van der Waals surface area contributed by atoms with Crippen molar-refractivity contribution in [2.45, 2.75) is 6.54 Å². The van der Waals surface area contributed by atoms with Gasteiger partial charge in [0.05, 0.1) is 18.2 Å². The van der Waals surface area contributed by atoms with E-state index in [0.29, 0.717) is 12.2 Å². The number of rotatable bonds is 4. The number of furan rings is 1. The molecule has 0 fully saturated rings. The minimum Gasteiger partial charge on any atom is -0.472 e. The largest absolute Gasteiger partial charge is 0.472 e. The average Bonchev–Trinajstić information content (AvgIpc) is 3.08. The maximum atomic E-state index is 11.9. The molecule has 3 aromatic heterocycles. The highest BCUT2D eigenvalue weighted by molar-refractivity contribution is 5.92. The van der Waals surface area contributed by atoms with Crippen LogP contribution in [0.3, 0.4) is 0 Å². The van der Waals surface area contributed by atoms with Crippen LogP contribution in [0, 0.1) is 0 Å². The summed E-state index contributed by atoms with van der Waals surface area (Å²) in [4.78, 5) is 20.2. The van der Waals surface area contributed by atoms with Crippen LogP contribution in [0.4, 0.5) is 0 Å². The highest BCUT2D eigenvalue weighted by Crippen LogP contribution is 2.16. The minimum atomic E-state index is -0.200. The second-order valence-corrected chi connectivity index (χ2v) is 4.46. The highest BCUT2D eigenvalue weighted by Gasteiger charge is 2.06. The molecule has 5 heteroatoms. The summed E-state index contributed by atoms with van der Waals surface area (Å²) in [5.74, 6) is -0.200. The normalized spacial score (nSPS) is 10.3. The Balaban J connectivity index is 1.62. The van der Waals surface area contributed by atoms with Gasteiger partial charge in [-0.2, -0.15) is 0 Å². The first kappa shape index (κ1) is 13.1. The molecule has 0 aliphatic rings. The maximum Gasteiger partial charge on any atom is 0.270 e. The van der Waals surface area contributed by atoms with Crippen LogP contribution in [0.15, 0.2) is 65.7 Å². The van der Waals surface area contributed by atoms with E-state index >= 15 is 0 Å². The molecule has 0 radical (unpaired) electrons. The lowest BCUT2D eigenvalue weighted by Crippen LogP contribution is -2.23. The SMILES string of the molecule is O=C(NCc1ccc(-c2ccoc2)nc1)c1ccccn1. The van der Waals surface area contributed by atoms with E-state index in [9.17, 15) is 4.79 Å². The molecule has 1 N–H and O–H groups in total. The van der Waals surface area contributed by atoms with Crippen molar-refractivity contribution in [3.05, 3.63) is 72.6 Å². The van der Waals surface area contributed by atoms with E-state index < -0.39 is 0 Å². The highest BCUT2D eigenvalue weighted by atomic mass is 16.3. The van der Waals surface area contributed by atoms with Gasteiger partial charge in [0, 0.05) is 24.5 Å². The zero-order valence-corrected chi connectivity index (χ0v) is 11.2. The number of carbonyl (C=O) groups is 1. The Labute approximate surface area is 121 Å². The van der Waals surface area contributed by atoms with Crippen LogP contribution >= 0.6 is 0 Å².